The van der Waals surface area contributed by atoms with E-state index in [1.54, 1.807) is 0 Å². The quantitative estimate of drug-likeness (QED) is 0.0239. The molecule has 12 heterocycles. The number of aromatic carboxylic acids is 5. The third-order valence-corrected chi connectivity index (χ3v) is 28.4. The van der Waals surface area contributed by atoms with Gasteiger partial charge in [-0.05, 0) is 293 Å². The van der Waals surface area contributed by atoms with Crippen LogP contribution < -0.4 is 33.1 Å². The molecule has 142 heavy (non-hydrogen) atoms. The Labute approximate surface area is 812 Å². The second kappa shape index (κ2) is 39.1. The van der Waals surface area contributed by atoms with E-state index in [-0.39, 0.29) is 23.7 Å². The zero-order chi connectivity index (χ0) is 101. The topological polar surface area (TPSA) is 502 Å². The normalized spacial score (nSPS) is 15.3. The van der Waals surface area contributed by atoms with Crippen molar-refractivity contribution in [2.24, 2.45) is 41.2 Å². The molecule has 5 aromatic carbocycles. The first-order valence-corrected chi connectivity index (χ1v) is 47.8. The number of fused-ring (bicyclic) bond motifs is 5. The highest BCUT2D eigenvalue weighted by Gasteiger charge is 2.39. The van der Waals surface area contributed by atoms with Crippen molar-refractivity contribution >= 4 is 84.4 Å². The van der Waals surface area contributed by atoms with Gasteiger partial charge in [-0.2, -0.15) is 0 Å². The summed E-state index contributed by atoms with van der Waals surface area (Å²) in [5.74, 6) is -8.14. The van der Waals surface area contributed by atoms with Gasteiger partial charge in [-0.15, -0.1) is 0 Å². The Bertz CT molecular complexity index is 7950. The van der Waals surface area contributed by atoms with E-state index in [0.717, 1.165) is 211 Å². The standard InChI is InChI=1S/2C23H25N3O4.C22H23N3O4.C21H23N3O4.C18H19N3O4/c1-26-16(11-24-10-12-2-3-12)9-15-8-14(6-7-17(15)26)20-18(13-4-5-13)21(27)19(23(29)30)22(28)25-20;1-25-16(12-26-8-2-3-9-26)11-15-10-14(6-7-17(15)25)20-18(13-4-5-13)21(27)19(23(29)30)22(28)24-20;1-24-15(11-25-7-2-8-25)10-14-9-13(5-6-16(14)24)19-17(12-3-4-12)20(26)18(22(28)29)21(27)23-19;1-23(2)10-14-9-13-8-12(6-7-15(13)24(14)3)18-16(11-4-5-11)19(25)17(21(27)28)20(26)22-18;1-20(2)9-12-7-11-6-10(4-5-14(11)21(12)3)13-8-15(22)16(18(24)25)17(23)19-13/h6-9,12-13,24H,2-5,10-11H2,1H3,(H,29,30)(H2,25,27,28);6-7,10-11,13H,2-5,8-9,12H2,1H3,(H,29,30)(H2,24,27,28);5-6,9-10,12H,2-4,7-8,11H2,1H3,(H,28,29)(H2,23,26,27);6-9,11H,4-5,10H2,1-3H3,(H,27,28)(H2,22,25,26);4-8H,9H2,1-3H3,(H,24,25)(H2,19,22,23). The second-order valence-electron chi connectivity index (χ2n) is 39.3. The number of H-pyrrole nitrogens is 5. The molecular formula is C107H115N15O20. The lowest BCUT2D eigenvalue weighted by Gasteiger charge is -2.30. The fourth-order valence-electron chi connectivity index (χ4n) is 20.0. The van der Waals surface area contributed by atoms with E-state index in [1.165, 1.54) is 55.3 Å². The third-order valence-electron chi connectivity index (χ3n) is 28.4. The minimum atomic E-state index is -1.46. The highest BCUT2D eigenvalue weighted by Crippen LogP contribution is 2.53. The monoisotopic (exact) mass is 1930 g/mol. The molecule has 5 aliphatic carbocycles. The summed E-state index contributed by atoms with van der Waals surface area (Å²) >= 11 is 0. The van der Waals surface area contributed by atoms with Crippen LogP contribution in [-0.2, 0) is 68.0 Å². The smallest absolute Gasteiger partial charge is 0.345 e. The summed E-state index contributed by atoms with van der Waals surface area (Å²) in [5, 5.41) is 107. The van der Waals surface area contributed by atoms with Gasteiger partial charge in [0.1, 0.15) is 28.7 Å². The van der Waals surface area contributed by atoms with Crippen LogP contribution in [-0.4, -0.2) is 209 Å². The summed E-state index contributed by atoms with van der Waals surface area (Å²) in [4.78, 5) is 141. The maximum Gasteiger partial charge on any atom is 0.345 e. The molecule has 0 amide bonds. The number of aromatic amines is 5. The van der Waals surface area contributed by atoms with Gasteiger partial charge in [0, 0.05) is 179 Å². The lowest BCUT2D eigenvalue weighted by molar-refractivity contribution is 0.0680. The Kier molecular flexibility index (Phi) is 26.7. The van der Waals surface area contributed by atoms with Crippen molar-refractivity contribution in [2.75, 3.05) is 60.9 Å². The Morgan fingerprint density at radius 2 is 0.599 bits per heavy atom. The predicted molar refractivity (Wildman–Crippen MR) is 540 cm³/mol. The van der Waals surface area contributed by atoms with Crippen LogP contribution in [0.1, 0.15) is 210 Å². The van der Waals surface area contributed by atoms with Crippen LogP contribution in [0.25, 0.3) is 111 Å². The van der Waals surface area contributed by atoms with Gasteiger partial charge in [0.15, 0.2) is 27.8 Å². The first-order chi connectivity index (χ1) is 67.9. The van der Waals surface area contributed by atoms with E-state index < -0.39 is 114 Å². The van der Waals surface area contributed by atoms with E-state index in [2.05, 4.69) is 117 Å². The van der Waals surface area contributed by atoms with E-state index in [0.29, 0.717) is 56.3 Å². The number of aromatic hydroxyl groups is 5. The van der Waals surface area contributed by atoms with Crippen molar-refractivity contribution in [1.29, 1.82) is 0 Å². The Balaban J connectivity index is 0.000000117. The van der Waals surface area contributed by atoms with Crippen molar-refractivity contribution in [3.05, 3.63) is 258 Å². The van der Waals surface area contributed by atoms with Crippen LogP contribution in [0, 0.1) is 5.92 Å². The number of pyridine rings is 5. The van der Waals surface area contributed by atoms with Crippen molar-refractivity contribution in [3.8, 4) is 85.0 Å². The summed E-state index contributed by atoms with van der Waals surface area (Å²) in [7, 11) is 18.2. The van der Waals surface area contributed by atoms with Crippen molar-refractivity contribution in [2.45, 2.75) is 140 Å². The zero-order valence-electron chi connectivity index (χ0n) is 80.4. The first kappa shape index (κ1) is 96.9. The van der Waals surface area contributed by atoms with Crippen LogP contribution in [0.3, 0.4) is 0 Å². The maximum atomic E-state index is 12.4. The Morgan fingerprint density at radius 3 is 0.873 bits per heavy atom. The van der Waals surface area contributed by atoms with Crippen LogP contribution in [0.2, 0.25) is 0 Å². The Hall–Kier alpha value is -15.3. The molecule has 7 aliphatic rings. The fourth-order valence-corrected chi connectivity index (χ4v) is 20.0. The van der Waals surface area contributed by atoms with E-state index in [4.69, 9.17) is 5.11 Å². The van der Waals surface area contributed by atoms with Crippen LogP contribution >= 0.6 is 0 Å². The number of hydrogen-bond acceptors (Lipinski definition) is 20. The average molecular weight is 1930 g/mol. The van der Waals surface area contributed by atoms with Gasteiger partial charge in [-0.3, -0.25) is 33.8 Å². The molecule has 16 N–H and O–H groups in total. The largest absolute Gasteiger partial charge is 0.507 e. The number of nitrogens with one attached hydrogen (secondary N) is 6. The van der Waals surface area contributed by atoms with Gasteiger partial charge in [0.25, 0.3) is 27.8 Å². The number of carboxylic acids is 5. The number of benzene rings is 5. The summed E-state index contributed by atoms with van der Waals surface area (Å²) in [6.45, 7) is 9.81. The average Bonchev–Trinajstić information content (AvgIpc) is 1.57. The number of aromatic nitrogens is 10. The third kappa shape index (κ3) is 19.6. The van der Waals surface area contributed by atoms with Crippen molar-refractivity contribution in [3.63, 3.8) is 0 Å². The van der Waals surface area contributed by atoms with Gasteiger partial charge >= 0.3 is 29.8 Å². The molecule has 2 aliphatic heterocycles. The first-order valence-electron chi connectivity index (χ1n) is 47.8. The number of hydrogen-bond donors (Lipinski definition) is 16. The number of carbonyl (C=O) groups is 5. The summed E-state index contributed by atoms with van der Waals surface area (Å²) in [6.07, 6.45) is 13.4. The van der Waals surface area contributed by atoms with Gasteiger partial charge < -0.3 is 114 Å². The molecular weight excluding hydrogens is 1820 g/mol. The second-order valence-corrected chi connectivity index (χ2v) is 39.3. The lowest BCUT2D eigenvalue weighted by atomic mass is 9.98. The fraction of sp³-hybridized carbons (Fsp3) is 0.346. The molecule has 0 spiro atoms. The predicted octanol–water partition coefficient (Wildman–Crippen LogP) is 14.6. The molecule has 35 heteroatoms. The SMILES string of the molecule is CN(C)Cc1cc2cc(-c3[nH]c(=O)c(C(=O)O)c(O)c3C3CC3)ccc2n1C.CN(C)Cc1cc2cc(-c3cc(O)c(C(=O)O)c(=O)[nH]3)ccc2n1C.Cn1c(CN2CCC2)cc2cc(-c3[nH]c(=O)c(C(=O)O)c(O)c3C3CC3)ccc21.Cn1c(CN2CCCC2)cc2cc(-c3[nH]c(=O)c(C(=O)O)c(O)c3C3CC3)ccc21.Cn1c(CNCC2CC2)cc2cc(-c3[nH]c(=O)c(C(=O)O)c(O)c3C3CC3)ccc21. The number of carboxylic acid groups (broad SMARTS) is 5. The number of nitrogens with zero attached hydrogens (tertiary/aromatic N) is 9. The van der Waals surface area contributed by atoms with E-state index in [1.807, 2.05) is 140 Å². The molecule has 7 fully saturated rings. The molecule has 35 nitrogen and oxygen atoms in total. The Morgan fingerprint density at radius 1 is 0.331 bits per heavy atom. The molecule has 738 valence electrons. The molecule has 5 saturated carbocycles. The summed E-state index contributed by atoms with van der Waals surface area (Å²) < 4.78 is 10.8. The van der Waals surface area contributed by atoms with Crippen LogP contribution in [0.15, 0.2) is 151 Å². The zero-order valence-corrected chi connectivity index (χ0v) is 80.4. The van der Waals surface area contributed by atoms with Gasteiger partial charge in [-0.1, -0.05) is 30.3 Å². The minimum Gasteiger partial charge on any atom is -0.507 e. The number of rotatable bonds is 26. The molecule has 2 saturated heterocycles. The van der Waals surface area contributed by atoms with Crippen molar-refractivity contribution < 1.29 is 75.0 Å². The number of likely N-dealkylation sites (tertiary alicyclic amines) is 2. The molecule has 0 atom stereocenters. The highest BCUT2D eigenvalue weighted by molar-refractivity contribution is 5.98. The molecule has 15 aromatic rings. The maximum absolute atomic E-state index is 12.4. The molecule has 10 aromatic heterocycles. The molecule has 0 unspecified atom stereocenters. The summed E-state index contributed by atoms with van der Waals surface area (Å²) in [5.41, 5.74) is 12.9. The molecule has 0 radical (unpaired) electrons. The summed E-state index contributed by atoms with van der Waals surface area (Å²) in [6, 6.07) is 41.3. The van der Waals surface area contributed by atoms with Crippen LogP contribution in [0.4, 0.5) is 0 Å². The van der Waals surface area contributed by atoms with Gasteiger partial charge in [0.2, 0.25) is 0 Å². The highest BCUT2D eigenvalue weighted by atomic mass is 16.4. The van der Waals surface area contributed by atoms with Gasteiger partial charge in [0.05, 0.1) is 28.5 Å². The lowest BCUT2D eigenvalue weighted by Crippen LogP contribution is -2.36. The van der Waals surface area contributed by atoms with E-state index >= 15 is 0 Å². The molecule has 22 rings (SSSR count). The van der Waals surface area contributed by atoms with Gasteiger partial charge in [-0.25, -0.2) is 24.0 Å². The van der Waals surface area contributed by atoms with E-state index in [9.17, 15) is 93.9 Å². The van der Waals surface area contributed by atoms with Crippen molar-refractivity contribution in [1.82, 2.24) is 72.7 Å². The van der Waals surface area contributed by atoms with Crippen LogP contribution in [0.5, 0.6) is 28.7 Å². The minimum absolute atomic E-state index is 0.0701. The molecule has 0 bridgehead atoms. The number of aryl methyl sites for hydroxylation is 5.